The van der Waals surface area contributed by atoms with E-state index in [4.69, 9.17) is 9.05 Å². The van der Waals surface area contributed by atoms with Crippen LogP contribution in [0.3, 0.4) is 0 Å². The molecule has 0 unspecified atom stereocenters. The molecule has 0 saturated heterocycles. The van der Waals surface area contributed by atoms with E-state index in [2.05, 4.69) is 10.2 Å². The van der Waals surface area contributed by atoms with E-state index in [9.17, 15) is 38.3 Å². The number of benzene rings is 2. The number of nitrogens with one attached hydrogen (secondary N) is 1. The Hall–Kier alpha value is -3.25. The van der Waals surface area contributed by atoms with Crippen LogP contribution in [0, 0.1) is 6.92 Å². The minimum Gasteiger partial charge on any atom is -0.403 e. The third kappa shape index (κ3) is 6.95. The van der Waals surface area contributed by atoms with Gasteiger partial charge in [-0.15, -0.1) is 0 Å². The number of nitrogens with zero attached hydrogens (tertiary/aromatic N) is 3. The Kier molecular flexibility index (Phi) is 8.43. The van der Waals surface area contributed by atoms with Crippen molar-refractivity contribution in [2.75, 3.05) is 13.6 Å². The first-order valence-corrected chi connectivity index (χ1v) is 14.0. The fourth-order valence-corrected chi connectivity index (χ4v) is 4.35. The molecule has 0 radical (unpaired) electrons. The van der Waals surface area contributed by atoms with Crippen molar-refractivity contribution in [3.05, 3.63) is 58.0 Å². The van der Waals surface area contributed by atoms with E-state index in [-0.39, 0.29) is 17.0 Å². The summed E-state index contributed by atoms with van der Waals surface area (Å²) in [6, 6.07) is 8.63. The van der Waals surface area contributed by atoms with E-state index >= 15 is 0 Å². The zero-order valence-corrected chi connectivity index (χ0v) is 21.9. The molecule has 37 heavy (non-hydrogen) atoms. The molecule has 0 bridgehead atoms. The van der Waals surface area contributed by atoms with Gasteiger partial charge in [0.05, 0.1) is 16.8 Å². The van der Waals surface area contributed by atoms with Crippen LogP contribution >= 0.6 is 15.6 Å². The number of phosphoric ester groups is 1. The quantitative estimate of drug-likeness (QED) is 0.181. The highest BCUT2D eigenvalue weighted by Gasteiger charge is 2.33. The third-order valence-electron chi connectivity index (χ3n) is 5.21. The molecule has 200 valence electrons. The van der Waals surface area contributed by atoms with E-state index in [0.29, 0.717) is 24.2 Å². The minimum absolute atomic E-state index is 0.169. The first-order valence-electron chi connectivity index (χ1n) is 10.9. The number of aryl methyl sites for hydroxylation is 1. The maximum Gasteiger partial charge on any atom is 0.719 e. The normalized spacial score (nSPS) is 11.9. The molecular formula is C21H27N4O10P2+. The molecule has 2 aromatic carbocycles. The summed E-state index contributed by atoms with van der Waals surface area (Å²) in [5.41, 5.74) is -0.165. The second-order valence-corrected chi connectivity index (χ2v) is 10.5. The Bertz CT molecular complexity index is 1460. The molecule has 3 rings (SSSR count). The van der Waals surface area contributed by atoms with Gasteiger partial charge in [-0.05, 0) is 31.0 Å². The lowest BCUT2D eigenvalue weighted by atomic mass is 10.1. The Morgan fingerprint density at radius 1 is 1.16 bits per heavy atom. The fourth-order valence-electron chi connectivity index (χ4n) is 3.53. The van der Waals surface area contributed by atoms with Crippen LogP contribution in [0.1, 0.15) is 35.7 Å². The van der Waals surface area contributed by atoms with Crippen molar-refractivity contribution in [2.45, 2.75) is 26.7 Å². The second-order valence-electron chi connectivity index (χ2n) is 8.09. The molecule has 16 heteroatoms. The highest BCUT2D eigenvalue weighted by atomic mass is 31.2. The molecule has 0 aliphatic carbocycles. The van der Waals surface area contributed by atoms with Crippen molar-refractivity contribution < 1.29 is 42.5 Å². The number of aromatic nitrogens is 3. The summed E-state index contributed by atoms with van der Waals surface area (Å²) < 4.78 is 32.0. The summed E-state index contributed by atoms with van der Waals surface area (Å²) in [5.74, 6) is -2.08. The predicted molar refractivity (Wildman–Crippen MR) is 133 cm³/mol. The summed E-state index contributed by atoms with van der Waals surface area (Å²) in [4.78, 5) is 65.3. The Morgan fingerprint density at radius 3 is 2.43 bits per heavy atom. The summed E-state index contributed by atoms with van der Waals surface area (Å²) in [6.07, 6.45) is 1.42. The number of hydrogen-bond acceptors (Lipinski definition) is 6. The van der Waals surface area contributed by atoms with E-state index in [1.807, 2.05) is 6.92 Å². The van der Waals surface area contributed by atoms with Gasteiger partial charge in [0, 0.05) is 19.7 Å². The number of unbranched alkanes of at least 4 members (excludes halogenated alkanes) is 1. The van der Waals surface area contributed by atoms with Crippen LogP contribution in [0.25, 0.3) is 17.1 Å². The maximum atomic E-state index is 13.3. The van der Waals surface area contributed by atoms with Crippen molar-refractivity contribution in [3.8, 4) is 28.6 Å². The Morgan fingerprint density at radius 2 is 1.84 bits per heavy atom. The summed E-state index contributed by atoms with van der Waals surface area (Å²) >= 11 is 0. The van der Waals surface area contributed by atoms with E-state index in [1.54, 1.807) is 31.2 Å². The van der Waals surface area contributed by atoms with Gasteiger partial charge in [0.2, 0.25) is 0 Å². The average Bonchev–Trinajstić information content (AvgIpc) is 3.16. The van der Waals surface area contributed by atoms with E-state index in [1.165, 1.54) is 11.9 Å². The van der Waals surface area contributed by atoms with Gasteiger partial charge >= 0.3 is 21.3 Å². The van der Waals surface area contributed by atoms with Gasteiger partial charge in [-0.25, -0.2) is 33.4 Å². The van der Waals surface area contributed by atoms with Gasteiger partial charge in [-0.2, -0.15) is 5.10 Å². The van der Waals surface area contributed by atoms with Gasteiger partial charge in [0.25, 0.3) is 5.91 Å². The number of aromatic amines is 1. The van der Waals surface area contributed by atoms with Crippen LogP contribution in [0.15, 0.2) is 41.2 Å². The fraction of sp³-hybridized carbons (Fsp3) is 0.286. The molecule has 1 amide bonds. The smallest absolute Gasteiger partial charge is 0.403 e. The topological polar surface area (TPSA) is 209 Å². The van der Waals surface area contributed by atoms with E-state index < -0.39 is 38.7 Å². The number of rotatable bonds is 10. The van der Waals surface area contributed by atoms with Crippen molar-refractivity contribution in [2.24, 2.45) is 0 Å². The lowest BCUT2D eigenvalue weighted by Crippen LogP contribution is -2.28. The van der Waals surface area contributed by atoms with Crippen molar-refractivity contribution in [3.63, 3.8) is 0 Å². The van der Waals surface area contributed by atoms with E-state index in [0.717, 1.165) is 23.1 Å². The van der Waals surface area contributed by atoms with Crippen molar-refractivity contribution in [1.29, 1.82) is 0 Å². The summed E-state index contributed by atoms with van der Waals surface area (Å²) in [7, 11) is -8.71. The maximum absolute atomic E-state index is 13.3. The van der Waals surface area contributed by atoms with Crippen LogP contribution in [-0.2, 0) is 4.57 Å². The minimum atomic E-state index is -5.22. The number of phosphoric acid groups is 1. The average molecular weight is 557 g/mol. The molecule has 14 nitrogen and oxygen atoms in total. The lowest BCUT2D eigenvalue weighted by molar-refractivity contribution is 0.0791. The first kappa shape index (κ1) is 28.3. The molecule has 0 saturated carbocycles. The van der Waals surface area contributed by atoms with Gasteiger partial charge in [-0.3, -0.25) is 14.6 Å². The molecule has 3 aromatic rings. The summed E-state index contributed by atoms with van der Waals surface area (Å²) in [5, 5.41) is 6.25. The molecule has 0 atom stereocenters. The molecule has 1 heterocycles. The molecule has 0 aliphatic rings. The Balaban J connectivity index is 2.34. The summed E-state index contributed by atoms with van der Waals surface area (Å²) in [6.45, 7) is 3.97. The van der Waals surface area contributed by atoms with Gasteiger partial charge < -0.3 is 13.9 Å². The van der Waals surface area contributed by atoms with Crippen molar-refractivity contribution >= 4 is 21.6 Å². The molecule has 0 spiro atoms. The van der Waals surface area contributed by atoms with Crippen LogP contribution in [-0.4, -0.2) is 63.3 Å². The molecule has 0 aliphatic heterocycles. The largest absolute Gasteiger partial charge is 0.719 e. The molecule has 6 N–H and O–H groups in total. The second kappa shape index (κ2) is 11.0. The molecular weight excluding hydrogens is 530 g/mol. The van der Waals surface area contributed by atoms with Crippen LogP contribution in [0.5, 0.6) is 11.5 Å². The first-order chi connectivity index (χ1) is 17.2. The number of para-hydroxylation sites is 1. The van der Waals surface area contributed by atoms with Gasteiger partial charge in [0.1, 0.15) is 5.75 Å². The SMILES string of the molecule is CCCCN(C)C(=O)c1cc(-c2n[nH]c(=O)n2-c2ccccc2C)c(OP(=O)(O)O)cc1OP(O)(O)=[OH+]. The standard InChI is InChI=1S/C21H26N4O10P2/c1-4-5-10-24(3)20(26)15-11-14(17(34-36(28,29)30)12-18(15)35-37(31,32)33)19-22-23-21(27)25(19)16-9-7-6-8-13(16)2/h6-9,11-12H,4-5,10H2,1-3H3,(H,23,27)(H2,28,29,30)(H2,31,32,33)/p+1. The highest BCUT2D eigenvalue weighted by molar-refractivity contribution is 7.47. The van der Waals surface area contributed by atoms with Crippen LogP contribution in [0.4, 0.5) is 0 Å². The molecule has 1 aromatic heterocycles. The lowest BCUT2D eigenvalue weighted by Gasteiger charge is -2.21. The van der Waals surface area contributed by atoms with Crippen LogP contribution in [0.2, 0.25) is 0 Å². The number of hydrogen-bond donors (Lipinski definition) is 5. The Labute approximate surface area is 211 Å². The van der Waals surface area contributed by atoms with Gasteiger partial charge in [0.15, 0.2) is 11.6 Å². The molecule has 0 fully saturated rings. The van der Waals surface area contributed by atoms with Crippen molar-refractivity contribution in [1.82, 2.24) is 19.7 Å². The predicted octanol–water partition coefficient (Wildman–Crippen LogP) is 2.29. The zero-order chi connectivity index (χ0) is 27.5. The zero-order valence-electron chi connectivity index (χ0n) is 20.1. The number of carbonyl (C=O) groups excluding carboxylic acids is 1. The monoisotopic (exact) mass is 557 g/mol. The third-order valence-corrected chi connectivity index (χ3v) is 6.09. The van der Waals surface area contributed by atoms with Crippen LogP contribution < -0.4 is 14.7 Å². The number of H-pyrrole nitrogens is 1. The van der Waals surface area contributed by atoms with Gasteiger partial charge in [-0.1, -0.05) is 31.5 Å². The highest BCUT2D eigenvalue weighted by Crippen LogP contribution is 2.47. The number of amides is 1. The number of carbonyl (C=O) groups is 1.